The van der Waals surface area contributed by atoms with Crippen molar-refractivity contribution in [2.24, 2.45) is 0 Å². The van der Waals surface area contributed by atoms with Crippen molar-refractivity contribution in [1.29, 1.82) is 0 Å². The predicted octanol–water partition coefficient (Wildman–Crippen LogP) is 3.42. The van der Waals surface area contributed by atoms with Crippen LogP contribution < -0.4 is 5.32 Å². The summed E-state index contributed by atoms with van der Waals surface area (Å²) in [6.45, 7) is 3.75. The van der Waals surface area contributed by atoms with E-state index in [4.69, 9.17) is 11.6 Å². The molecule has 0 aromatic heterocycles. The molecule has 2 atom stereocenters. The number of sulfone groups is 1. The molecule has 0 aliphatic carbocycles. The van der Waals surface area contributed by atoms with E-state index in [0.29, 0.717) is 11.6 Å². The van der Waals surface area contributed by atoms with Crippen LogP contribution in [0.3, 0.4) is 0 Å². The van der Waals surface area contributed by atoms with Gasteiger partial charge in [-0.3, -0.25) is 4.79 Å². The SMILES string of the molecule is CC(CNC(=O)C(C)S(=O)(=O)c1ccc(Cl)cc1)c1ccccc1. The first-order valence-electron chi connectivity index (χ1n) is 7.64. The van der Waals surface area contributed by atoms with Crippen LogP contribution in [0.1, 0.15) is 25.3 Å². The first-order valence-corrected chi connectivity index (χ1v) is 9.57. The second kappa shape index (κ2) is 7.81. The lowest BCUT2D eigenvalue weighted by Gasteiger charge is -2.16. The molecule has 0 aliphatic rings. The molecule has 2 aromatic carbocycles. The summed E-state index contributed by atoms with van der Waals surface area (Å²) >= 11 is 5.77. The molecule has 1 N–H and O–H groups in total. The van der Waals surface area contributed by atoms with Crippen LogP contribution in [0.2, 0.25) is 5.02 Å². The number of carbonyl (C=O) groups excluding carboxylic acids is 1. The van der Waals surface area contributed by atoms with Gasteiger partial charge in [0.1, 0.15) is 5.25 Å². The van der Waals surface area contributed by atoms with Crippen molar-refractivity contribution < 1.29 is 13.2 Å². The summed E-state index contributed by atoms with van der Waals surface area (Å²) in [6, 6.07) is 15.6. The molecule has 0 fully saturated rings. The van der Waals surface area contributed by atoms with Gasteiger partial charge in [0.15, 0.2) is 9.84 Å². The zero-order valence-corrected chi connectivity index (χ0v) is 15.1. The molecule has 0 aliphatic heterocycles. The van der Waals surface area contributed by atoms with E-state index < -0.39 is 21.0 Å². The Morgan fingerprint density at radius 3 is 2.21 bits per heavy atom. The van der Waals surface area contributed by atoms with Gasteiger partial charge >= 0.3 is 0 Å². The summed E-state index contributed by atoms with van der Waals surface area (Å²) in [6.07, 6.45) is 0. The lowest BCUT2D eigenvalue weighted by Crippen LogP contribution is -2.39. The molecule has 24 heavy (non-hydrogen) atoms. The lowest BCUT2D eigenvalue weighted by molar-refractivity contribution is -0.120. The van der Waals surface area contributed by atoms with E-state index in [-0.39, 0.29) is 10.8 Å². The van der Waals surface area contributed by atoms with Crippen LogP contribution >= 0.6 is 11.6 Å². The van der Waals surface area contributed by atoms with Gasteiger partial charge in [0.05, 0.1) is 4.90 Å². The lowest BCUT2D eigenvalue weighted by atomic mass is 10.0. The molecular formula is C18H20ClNO3S. The number of amides is 1. The second-order valence-electron chi connectivity index (χ2n) is 5.70. The van der Waals surface area contributed by atoms with Crippen molar-refractivity contribution in [3.63, 3.8) is 0 Å². The Bertz CT molecular complexity index is 789. The average Bonchev–Trinajstić information content (AvgIpc) is 2.59. The third kappa shape index (κ3) is 4.36. The van der Waals surface area contributed by atoms with Gasteiger partial charge in [-0.25, -0.2) is 8.42 Å². The molecule has 2 aromatic rings. The highest BCUT2D eigenvalue weighted by Crippen LogP contribution is 2.19. The summed E-state index contributed by atoms with van der Waals surface area (Å²) in [5.74, 6) is -0.409. The minimum atomic E-state index is -3.74. The van der Waals surface area contributed by atoms with E-state index in [1.807, 2.05) is 37.3 Å². The van der Waals surface area contributed by atoms with Gasteiger partial charge in [-0.05, 0) is 42.7 Å². The van der Waals surface area contributed by atoms with Gasteiger partial charge in [-0.1, -0.05) is 48.9 Å². The molecule has 0 radical (unpaired) electrons. The predicted molar refractivity (Wildman–Crippen MR) is 96.0 cm³/mol. The largest absolute Gasteiger partial charge is 0.354 e. The fourth-order valence-corrected chi connectivity index (χ4v) is 3.68. The third-order valence-corrected chi connectivity index (χ3v) is 6.25. The Morgan fingerprint density at radius 2 is 1.62 bits per heavy atom. The number of halogens is 1. The van der Waals surface area contributed by atoms with Gasteiger partial charge in [-0.2, -0.15) is 0 Å². The molecular weight excluding hydrogens is 346 g/mol. The third-order valence-electron chi connectivity index (χ3n) is 3.93. The summed E-state index contributed by atoms with van der Waals surface area (Å²) in [5, 5.41) is 2.01. The molecule has 1 amide bonds. The zero-order chi connectivity index (χ0) is 17.7. The molecule has 0 heterocycles. The number of rotatable bonds is 6. The van der Waals surface area contributed by atoms with Crippen LogP contribution in [-0.2, 0) is 14.6 Å². The van der Waals surface area contributed by atoms with E-state index in [1.165, 1.54) is 31.2 Å². The number of hydrogen-bond acceptors (Lipinski definition) is 3. The van der Waals surface area contributed by atoms with Crippen LogP contribution in [-0.4, -0.2) is 26.1 Å². The van der Waals surface area contributed by atoms with Crippen LogP contribution in [0.25, 0.3) is 0 Å². The van der Waals surface area contributed by atoms with Crippen molar-refractivity contribution in [1.82, 2.24) is 5.32 Å². The number of benzene rings is 2. The van der Waals surface area contributed by atoms with Crippen molar-refractivity contribution in [2.45, 2.75) is 29.9 Å². The minimum Gasteiger partial charge on any atom is -0.354 e. The van der Waals surface area contributed by atoms with E-state index in [9.17, 15) is 13.2 Å². The maximum Gasteiger partial charge on any atom is 0.238 e. The summed E-state index contributed by atoms with van der Waals surface area (Å²) in [7, 11) is -3.74. The zero-order valence-electron chi connectivity index (χ0n) is 13.6. The highest BCUT2D eigenvalue weighted by atomic mass is 35.5. The second-order valence-corrected chi connectivity index (χ2v) is 8.40. The number of nitrogens with one attached hydrogen (secondary N) is 1. The first kappa shape index (κ1) is 18.5. The monoisotopic (exact) mass is 365 g/mol. The molecule has 128 valence electrons. The van der Waals surface area contributed by atoms with Crippen molar-refractivity contribution >= 4 is 27.3 Å². The molecule has 0 saturated carbocycles. The standard InChI is InChI=1S/C18H20ClNO3S/c1-13(15-6-4-3-5-7-15)12-20-18(21)14(2)24(22,23)17-10-8-16(19)9-11-17/h3-11,13-14H,12H2,1-2H3,(H,20,21). The maximum atomic E-state index is 12.5. The molecule has 0 bridgehead atoms. The van der Waals surface area contributed by atoms with Gasteiger partial charge < -0.3 is 5.32 Å². The number of carbonyl (C=O) groups is 1. The van der Waals surface area contributed by atoms with Gasteiger partial charge in [0, 0.05) is 11.6 Å². The van der Waals surface area contributed by atoms with Crippen LogP contribution in [0.15, 0.2) is 59.5 Å². The van der Waals surface area contributed by atoms with Gasteiger partial charge in [0.25, 0.3) is 0 Å². The van der Waals surface area contributed by atoms with Crippen molar-refractivity contribution in [3.05, 3.63) is 65.2 Å². The normalized spacial score (nSPS) is 14.0. The minimum absolute atomic E-state index is 0.0886. The molecule has 6 heteroatoms. The van der Waals surface area contributed by atoms with E-state index in [0.717, 1.165) is 5.56 Å². The Balaban J connectivity index is 2.02. The fourth-order valence-electron chi connectivity index (χ4n) is 2.27. The Labute approximate surface area is 147 Å². The van der Waals surface area contributed by atoms with Gasteiger partial charge in [0.2, 0.25) is 5.91 Å². The maximum absolute atomic E-state index is 12.5. The Morgan fingerprint density at radius 1 is 1.04 bits per heavy atom. The topological polar surface area (TPSA) is 63.2 Å². The summed E-state index contributed by atoms with van der Waals surface area (Å²) in [5.41, 5.74) is 1.09. The Hall–Kier alpha value is -1.85. The van der Waals surface area contributed by atoms with Crippen LogP contribution in [0.5, 0.6) is 0 Å². The fraction of sp³-hybridized carbons (Fsp3) is 0.278. The summed E-state index contributed by atoms with van der Waals surface area (Å²) in [4.78, 5) is 12.3. The van der Waals surface area contributed by atoms with Crippen LogP contribution in [0, 0.1) is 0 Å². The van der Waals surface area contributed by atoms with Crippen molar-refractivity contribution in [3.8, 4) is 0 Å². The summed E-state index contributed by atoms with van der Waals surface area (Å²) < 4.78 is 25.0. The molecule has 2 unspecified atom stereocenters. The quantitative estimate of drug-likeness (QED) is 0.853. The van der Waals surface area contributed by atoms with E-state index in [2.05, 4.69) is 5.32 Å². The van der Waals surface area contributed by atoms with Gasteiger partial charge in [-0.15, -0.1) is 0 Å². The molecule has 2 rings (SSSR count). The molecule has 0 saturated heterocycles. The van der Waals surface area contributed by atoms with E-state index >= 15 is 0 Å². The molecule has 0 spiro atoms. The average molecular weight is 366 g/mol. The molecule has 4 nitrogen and oxygen atoms in total. The highest BCUT2D eigenvalue weighted by molar-refractivity contribution is 7.92. The highest BCUT2D eigenvalue weighted by Gasteiger charge is 2.29. The van der Waals surface area contributed by atoms with E-state index in [1.54, 1.807) is 0 Å². The smallest absolute Gasteiger partial charge is 0.238 e. The first-order chi connectivity index (χ1) is 11.3. The Kier molecular flexibility index (Phi) is 6.02. The number of hydrogen-bond donors (Lipinski definition) is 1. The van der Waals surface area contributed by atoms with Crippen molar-refractivity contribution in [2.75, 3.05) is 6.54 Å². The van der Waals surface area contributed by atoms with Crippen LogP contribution in [0.4, 0.5) is 0 Å².